The summed E-state index contributed by atoms with van der Waals surface area (Å²) in [5, 5.41) is 5.87. The Morgan fingerprint density at radius 2 is 2.31 bits per heavy atom. The second-order valence-corrected chi connectivity index (χ2v) is 4.05. The molecule has 2 unspecified atom stereocenters. The fourth-order valence-corrected chi connectivity index (χ4v) is 1.65. The van der Waals surface area contributed by atoms with Crippen LogP contribution >= 0.6 is 0 Å². The van der Waals surface area contributed by atoms with Gasteiger partial charge in [0, 0.05) is 6.54 Å². The molecule has 16 heavy (non-hydrogen) atoms. The van der Waals surface area contributed by atoms with E-state index in [4.69, 9.17) is 4.74 Å². The normalized spacial score (nSPS) is 21.5. The Labute approximate surface area is 95.9 Å². The van der Waals surface area contributed by atoms with Gasteiger partial charge in [-0.1, -0.05) is 6.92 Å². The molecule has 1 saturated heterocycles. The molecule has 0 aromatic carbocycles. The summed E-state index contributed by atoms with van der Waals surface area (Å²) in [5.74, 6) is -0.568. The second kappa shape index (κ2) is 6.48. The second-order valence-electron chi connectivity index (χ2n) is 4.05. The minimum absolute atomic E-state index is 0.0198. The van der Waals surface area contributed by atoms with Gasteiger partial charge < -0.3 is 15.4 Å². The van der Waals surface area contributed by atoms with Crippen molar-refractivity contribution in [3.8, 4) is 0 Å². The predicted octanol–water partition coefficient (Wildman–Crippen LogP) is 0.0538. The molecule has 0 spiro atoms. The van der Waals surface area contributed by atoms with Crippen molar-refractivity contribution < 1.29 is 14.3 Å². The van der Waals surface area contributed by atoms with Gasteiger partial charge in [0.2, 0.25) is 5.91 Å². The molecule has 1 aliphatic rings. The van der Waals surface area contributed by atoms with Crippen LogP contribution in [0.5, 0.6) is 0 Å². The minimum Gasteiger partial charge on any atom is -0.466 e. The summed E-state index contributed by atoms with van der Waals surface area (Å²) in [4.78, 5) is 22.9. The van der Waals surface area contributed by atoms with Crippen molar-refractivity contribution in [1.82, 2.24) is 10.6 Å². The Bertz CT molecular complexity index is 250. The maximum atomic E-state index is 11.6. The lowest BCUT2D eigenvalue weighted by molar-refractivity contribution is -0.147. The van der Waals surface area contributed by atoms with E-state index in [1.807, 2.05) is 0 Å². The van der Waals surface area contributed by atoms with Crippen molar-refractivity contribution in [3.63, 3.8) is 0 Å². The maximum absolute atomic E-state index is 11.6. The van der Waals surface area contributed by atoms with Crippen molar-refractivity contribution >= 4 is 11.9 Å². The third-order valence-corrected chi connectivity index (χ3v) is 2.65. The molecule has 1 rings (SSSR count). The van der Waals surface area contributed by atoms with Crippen LogP contribution in [-0.4, -0.2) is 37.6 Å². The fraction of sp³-hybridized carbons (Fsp3) is 0.818. The predicted molar refractivity (Wildman–Crippen MR) is 59.8 cm³/mol. The average Bonchev–Trinajstić information content (AvgIpc) is 2.79. The molecule has 1 fully saturated rings. The molecule has 0 aromatic heterocycles. The van der Waals surface area contributed by atoms with E-state index in [-0.39, 0.29) is 23.8 Å². The first-order chi connectivity index (χ1) is 7.65. The number of nitrogens with one attached hydrogen (secondary N) is 2. The first-order valence-corrected chi connectivity index (χ1v) is 5.83. The highest BCUT2D eigenvalue weighted by Crippen LogP contribution is 2.05. The quantitative estimate of drug-likeness (QED) is 0.653. The fourth-order valence-electron chi connectivity index (χ4n) is 1.65. The largest absolute Gasteiger partial charge is 0.466 e. The molecule has 5 nitrogen and oxygen atoms in total. The molecule has 0 aliphatic carbocycles. The third kappa shape index (κ3) is 3.81. The first kappa shape index (κ1) is 13.0. The monoisotopic (exact) mass is 228 g/mol. The highest BCUT2D eigenvalue weighted by Gasteiger charge is 2.23. The van der Waals surface area contributed by atoms with Crippen molar-refractivity contribution in [2.24, 2.45) is 5.92 Å². The molecule has 0 radical (unpaired) electrons. The zero-order valence-corrected chi connectivity index (χ0v) is 9.91. The van der Waals surface area contributed by atoms with Crippen molar-refractivity contribution in [2.75, 3.05) is 19.7 Å². The molecular formula is C11H20N2O3. The molecule has 0 bridgehead atoms. The summed E-state index contributed by atoms with van der Waals surface area (Å²) in [6.07, 6.45) is 1.91. The van der Waals surface area contributed by atoms with Crippen LogP contribution in [-0.2, 0) is 14.3 Å². The molecule has 2 atom stereocenters. The van der Waals surface area contributed by atoms with E-state index < -0.39 is 0 Å². The van der Waals surface area contributed by atoms with E-state index in [1.54, 1.807) is 13.8 Å². The van der Waals surface area contributed by atoms with Crippen LogP contribution in [0.2, 0.25) is 0 Å². The Morgan fingerprint density at radius 3 is 2.88 bits per heavy atom. The van der Waals surface area contributed by atoms with E-state index in [0.29, 0.717) is 13.2 Å². The third-order valence-electron chi connectivity index (χ3n) is 2.65. The molecule has 0 saturated carbocycles. The van der Waals surface area contributed by atoms with Gasteiger partial charge in [0.1, 0.15) is 0 Å². The lowest BCUT2D eigenvalue weighted by Gasteiger charge is -2.14. The molecule has 5 heteroatoms. The minimum atomic E-state index is -0.287. The van der Waals surface area contributed by atoms with Gasteiger partial charge in [-0.3, -0.25) is 9.59 Å². The number of hydrogen-bond donors (Lipinski definition) is 2. The van der Waals surface area contributed by atoms with Gasteiger partial charge in [-0.25, -0.2) is 0 Å². The van der Waals surface area contributed by atoms with E-state index in [2.05, 4.69) is 10.6 Å². The van der Waals surface area contributed by atoms with Gasteiger partial charge in [-0.15, -0.1) is 0 Å². The molecule has 1 heterocycles. The van der Waals surface area contributed by atoms with Gasteiger partial charge in [0.25, 0.3) is 0 Å². The number of carbonyl (C=O) groups excluding carboxylic acids is 2. The zero-order chi connectivity index (χ0) is 12.0. The molecule has 2 N–H and O–H groups in total. The van der Waals surface area contributed by atoms with Crippen molar-refractivity contribution in [1.29, 1.82) is 0 Å². The Kier molecular flexibility index (Phi) is 5.25. The Hall–Kier alpha value is -1.10. The summed E-state index contributed by atoms with van der Waals surface area (Å²) >= 11 is 0. The molecular weight excluding hydrogens is 208 g/mol. The van der Waals surface area contributed by atoms with Crippen molar-refractivity contribution in [3.05, 3.63) is 0 Å². The highest BCUT2D eigenvalue weighted by atomic mass is 16.5. The number of hydrogen-bond acceptors (Lipinski definition) is 4. The van der Waals surface area contributed by atoms with Crippen molar-refractivity contribution in [2.45, 2.75) is 32.7 Å². The van der Waals surface area contributed by atoms with Gasteiger partial charge in [0.15, 0.2) is 0 Å². The van der Waals surface area contributed by atoms with Crippen LogP contribution in [0.25, 0.3) is 0 Å². The van der Waals surface area contributed by atoms with Crippen LogP contribution in [0.1, 0.15) is 26.7 Å². The number of carbonyl (C=O) groups is 2. The Balaban J connectivity index is 2.22. The number of esters is 1. The molecule has 1 aliphatic heterocycles. The summed E-state index contributed by atoms with van der Waals surface area (Å²) in [6.45, 7) is 5.13. The summed E-state index contributed by atoms with van der Waals surface area (Å²) in [6, 6.07) is -0.0885. The van der Waals surface area contributed by atoms with Gasteiger partial charge in [-0.2, -0.15) is 0 Å². The first-order valence-electron chi connectivity index (χ1n) is 5.83. The van der Waals surface area contributed by atoms with Crippen LogP contribution in [0.4, 0.5) is 0 Å². The maximum Gasteiger partial charge on any atom is 0.310 e. The van der Waals surface area contributed by atoms with Gasteiger partial charge >= 0.3 is 5.97 Å². The average molecular weight is 228 g/mol. The van der Waals surface area contributed by atoms with Crippen LogP contribution in [0.15, 0.2) is 0 Å². The number of rotatable bonds is 5. The van der Waals surface area contributed by atoms with Crippen LogP contribution in [0, 0.1) is 5.92 Å². The van der Waals surface area contributed by atoms with Gasteiger partial charge in [-0.05, 0) is 26.3 Å². The highest BCUT2D eigenvalue weighted by molar-refractivity contribution is 5.82. The number of amides is 1. The molecule has 1 amide bonds. The zero-order valence-electron chi connectivity index (χ0n) is 9.91. The van der Waals surface area contributed by atoms with Gasteiger partial charge in [0.05, 0.1) is 18.6 Å². The summed E-state index contributed by atoms with van der Waals surface area (Å²) in [5.41, 5.74) is 0. The van der Waals surface area contributed by atoms with E-state index >= 15 is 0 Å². The number of ether oxygens (including phenoxy) is 1. The lowest BCUT2D eigenvalue weighted by Crippen LogP contribution is -2.43. The topological polar surface area (TPSA) is 67.4 Å². The van der Waals surface area contributed by atoms with Crippen LogP contribution in [0.3, 0.4) is 0 Å². The molecule has 92 valence electrons. The summed E-state index contributed by atoms with van der Waals surface area (Å²) in [7, 11) is 0. The smallest absolute Gasteiger partial charge is 0.310 e. The lowest BCUT2D eigenvalue weighted by atomic mass is 10.1. The summed E-state index contributed by atoms with van der Waals surface area (Å²) < 4.78 is 4.86. The standard InChI is InChI=1S/C11H20N2O3/c1-3-16-11(15)8(2)7-13-10(14)9-5-4-6-12-9/h8-9,12H,3-7H2,1-2H3,(H,13,14). The van der Waals surface area contributed by atoms with Crippen LogP contribution < -0.4 is 10.6 Å². The SMILES string of the molecule is CCOC(=O)C(C)CNC(=O)C1CCCN1. The van der Waals surface area contributed by atoms with E-state index in [1.165, 1.54) is 0 Å². The Morgan fingerprint density at radius 1 is 1.56 bits per heavy atom. The van der Waals surface area contributed by atoms with E-state index in [0.717, 1.165) is 19.4 Å². The molecule has 0 aromatic rings. The van der Waals surface area contributed by atoms with E-state index in [9.17, 15) is 9.59 Å².